The minimum atomic E-state index is 0.456. The molecule has 3 heterocycles. The summed E-state index contributed by atoms with van der Waals surface area (Å²) in [5.41, 5.74) is 3.54. The molecule has 0 saturated heterocycles. The molecule has 0 aliphatic rings. The average molecular weight is 362 g/mol. The highest BCUT2D eigenvalue weighted by molar-refractivity contribution is 6.33. The van der Waals surface area contributed by atoms with Crippen LogP contribution in [0.1, 0.15) is 11.3 Å². The minimum absolute atomic E-state index is 0.456. The van der Waals surface area contributed by atoms with Crippen molar-refractivity contribution in [3.63, 3.8) is 0 Å². The maximum atomic E-state index is 8.97. The van der Waals surface area contributed by atoms with E-state index in [1.165, 1.54) is 6.33 Å². The number of benzene rings is 1. The lowest BCUT2D eigenvalue weighted by Crippen LogP contribution is -1.98. The molecule has 7 nitrogen and oxygen atoms in total. The molecule has 0 fully saturated rings. The van der Waals surface area contributed by atoms with Crippen molar-refractivity contribution in [2.75, 3.05) is 5.32 Å². The molecule has 0 aliphatic carbocycles. The Balaban J connectivity index is 1.77. The normalized spacial score (nSPS) is 10.7. The third-order valence-electron chi connectivity index (χ3n) is 3.80. The van der Waals surface area contributed by atoms with Crippen molar-refractivity contribution in [1.82, 2.24) is 24.9 Å². The van der Waals surface area contributed by atoms with Gasteiger partial charge in [-0.25, -0.2) is 19.9 Å². The van der Waals surface area contributed by atoms with Crippen molar-refractivity contribution in [1.29, 1.82) is 5.26 Å². The summed E-state index contributed by atoms with van der Waals surface area (Å²) in [7, 11) is 0. The van der Waals surface area contributed by atoms with Gasteiger partial charge in [0.25, 0.3) is 0 Å². The molecule has 0 unspecified atom stereocenters. The molecule has 3 aromatic heterocycles. The van der Waals surface area contributed by atoms with Crippen LogP contribution in [0.25, 0.3) is 22.4 Å². The zero-order valence-corrected chi connectivity index (χ0v) is 14.4. The molecule has 4 rings (SSSR count). The van der Waals surface area contributed by atoms with Gasteiger partial charge in [-0.1, -0.05) is 11.6 Å². The molecule has 0 radical (unpaired) electrons. The monoisotopic (exact) mass is 361 g/mol. The van der Waals surface area contributed by atoms with Gasteiger partial charge in [-0.05, 0) is 31.2 Å². The van der Waals surface area contributed by atoms with E-state index in [2.05, 4.69) is 36.3 Å². The smallest absolute Gasteiger partial charge is 0.159 e. The summed E-state index contributed by atoms with van der Waals surface area (Å²) in [5, 5.41) is 12.6. The molecule has 1 aromatic carbocycles. The second-order valence-corrected chi connectivity index (χ2v) is 6.02. The standard InChI is InChI=1S/C18H12ClN7/c1-10-6-15(23-9-22-10)25-18-16-14(4-5-21-18)24-17(26-16)12-3-2-11(8-20)7-13(12)19/h2-7,9H,1H3,(H,24,26)(H,21,22,23,25). The first kappa shape index (κ1) is 16.0. The molecule has 0 amide bonds. The molecule has 0 spiro atoms. The van der Waals surface area contributed by atoms with E-state index >= 15 is 0 Å². The van der Waals surface area contributed by atoms with E-state index in [9.17, 15) is 0 Å². The van der Waals surface area contributed by atoms with Crippen molar-refractivity contribution in [2.24, 2.45) is 0 Å². The van der Waals surface area contributed by atoms with Gasteiger partial charge in [0.2, 0.25) is 0 Å². The van der Waals surface area contributed by atoms with E-state index in [0.29, 0.717) is 39.1 Å². The molecule has 4 aromatic rings. The lowest BCUT2D eigenvalue weighted by atomic mass is 10.1. The van der Waals surface area contributed by atoms with Gasteiger partial charge >= 0.3 is 0 Å². The number of imidazole rings is 1. The number of aryl methyl sites for hydroxylation is 1. The SMILES string of the molecule is Cc1cc(Nc2nccc3[nH]c(-c4ccc(C#N)cc4Cl)nc23)ncn1. The minimum Gasteiger partial charge on any atom is -0.338 e. The van der Waals surface area contributed by atoms with E-state index in [0.717, 1.165) is 11.2 Å². The second-order valence-electron chi connectivity index (χ2n) is 5.62. The molecule has 8 heteroatoms. The largest absolute Gasteiger partial charge is 0.338 e. The van der Waals surface area contributed by atoms with Crippen molar-refractivity contribution in [2.45, 2.75) is 6.92 Å². The zero-order valence-electron chi connectivity index (χ0n) is 13.7. The molecule has 26 heavy (non-hydrogen) atoms. The Labute approximate surface area is 153 Å². The summed E-state index contributed by atoms with van der Waals surface area (Å²) in [6.45, 7) is 1.89. The third kappa shape index (κ3) is 2.94. The summed E-state index contributed by atoms with van der Waals surface area (Å²) in [4.78, 5) is 20.5. The fourth-order valence-electron chi connectivity index (χ4n) is 2.58. The summed E-state index contributed by atoms with van der Waals surface area (Å²) < 4.78 is 0. The number of aromatic nitrogens is 5. The summed E-state index contributed by atoms with van der Waals surface area (Å²) in [6, 6.07) is 10.8. The maximum absolute atomic E-state index is 8.97. The zero-order chi connectivity index (χ0) is 18.1. The molecular formula is C18H12ClN7. The molecule has 2 N–H and O–H groups in total. The Morgan fingerprint density at radius 2 is 2.04 bits per heavy atom. The number of nitriles is 1. The van der Waals surface area contributed by atoms with Crippen LogP contribution in [0.3, 0.4) is 0 Å². The highest BCUT2D eigenvalue weighted by atomic mass is 35.5. The number of hydrogen-bond acceptors (Lipinski definition) is 6. The first-order chi connectivity index (χ1) is 12.6. The fraction of sp³-hybridized carbons (Fsp3) is 0.0556. The van der Waals surface area contributed by atoms with Crippen LogP contribution in [0.15, 0.2) is 42.9 Å². The predicted molar refractivity (Wildman–Crippen MR) is 99.1 cm³/mol. The Bertz CT molecular complexity index is 1160. The van der Waals surface area contributed by atoms with E-state index in [1.807, 2.05) is 19.1 Å². The molecule has 0 atom stereocenters. The number of rotatable bonds is 3. The number of nitrogens with one attached hydrogen (secondary N) is 2. The number of anilines is 2. The lowest BCUT2D eigenvalue weighted by molar-refractivity contribution is 1.10. The van der Waals surface area contributed by atoms with Crippen molar-refractivity contribution < 1.29 is 0 Å². The number of fused-ring (bicyclic) bond motifs is 1. The maximum Gasteiger partial charge on any atom is 0.159 e. The lowest BCUT2D eigenvalue weighted by Gasteiger charge is -2.05. The highest BCUT2D eigenvalue weighted by Gasteiger charge is 2.13. The van der Waals surface area contributed by atoms with Crippen LogP contribution in [-0.4, -0.2) is 24.9 Å². The van der Waals surface area contributed by atoms with Crippen LogP contribution in [0.4, 0.5) is 11.6 Å². The summed E-state index contributed by atoms with van der Waals surface area (Å²) in [5.74, 6) is 1.82. The number of pyridine rings is 1. The fourth-order valence-corrected chi connectivity index (χ4v) is 2.85. The first-order valence-electron chi connectivity index (χ1n) is 7.74. The van der Waals surface area contributed by atoms with Gasteiger partial charge in [-0.3, -0.25) is 0 Å². The summed E-state index contributed by atoms with van der Waals surface area (Å²) in [6.07, 6.45) is 3.17. The second kappa shape index (κ2) is 6.43. The first-order valence-corrected chi connectivity index (χ1v) is 8.12. The number of hydrogen-bond donors (Lipinski definition) is 2. The van der Waals surface area contributed by atoms with Gasteiger partial charge in [0, 0.05) is 23.5 Å². The van der Waals surface area contributed by atoms with Crippen molar-refractivity contribution in [3.05, 3.63) is 59.1 Å². The molecule has 0 saturated carbocycles. The van der Waals surface area contributed by atoms with Crippen molar-refractivity contribution >= 4 is 34.3 Å². The van der Waals surface area contributed by atoms with Gasteiger partial charge in [-0.15, -0.1) is 0 Å². The van der Waals surface area contributed by atoms with E-state index in [1.54, 1.807) is 24.4 Å². The Morgan fingerprint density at radius 1 is 1.15 bits per heavy atom. The van der Waals surface area contributed by atoms with Crippen LogP contribution in [0.5, 0.6) is 0 Å². The molecule has 0 bridgehead atoms. The van der Waals surface area contributed by atoms with Gasteiger partial charge in [0.05, 0.1) is 22.2 Å². The van der Waals surface area contributed by atoms with E-state index in [4.69, 9.17) is 16.9 Å². The Morgan fingerprint density at radius 3 is 2.81 bits per heavy atom. The third-order valence-corrected chi connectivity index (χ3v) is 4.12. The van der Waals surface area contributed by atoms with Crippen LogP contribution in [0, 0.1) is 18.3 Å². The van der Waals surface area contributed by atoms with E-state index in [-0.39, 0.29) is 0 Å². The topological polar surface area (TPSA) is 103 Å². The van der Waals surface area contributed by atoms with Crippen LogP contribution in [-0.2, 0) is 0 Å². The average Bonchev–Trinajstić information content (AvgIpc) is 3.06. The highest BCUT2D eigenvalue weighted by Crippen LogP contribution is 2.30. The van der Waals surface area contributed by atoms with Crippen molar-refractivity contribution in [3.8, 4) is 17.5 Å². The van der Waals surface area contributed by atoms with Crippen LogP contribution >= 0.6 is 11.6 Å². The Kier molecular flexibility index (Phi) is 3.95. The quantitative estimate of drug-likeness (QED) is 0.571. The molecule has 0 aliphatic heterocycles. The molecule has 126 valence electrons. The summed E-state index contributed by atoms with van der Waals surface area (Å²) >= 11 is 6.30. The number of H-pyrrole nitrogens is 1. The number of nitrogens with zero attached hydrogens (tertiary/aromatic N) is 5. The van der Waals surface area contributed by atoms with Gasteiger partial charge in [0.1, 0.15) is 23.5 Å². The van der Waals surface area contributed by atoms with Gasteiger partial charge in [-0.2, -0.15) is 5.26 Å². The predicted octanol–water partition coefficient (Wildman–Crippen LogP) is 3.99. The number of halogens is 1. The van der Waals surface area contributed by atoms with Gasteiger partial charge < -0.3 is 10.3 Å². The number of aromatic amines is 1. The van der Waals surface area contributed by atoms with Crippen LogP contribution < -0.4 is 5.32 Å². The van der Waals surface area contributed by atoms with Gasteiger partial charge in [0.15, 0.2) is 5.82 Å². The Hall–Kier alpha value is -3.50. The van der Waals surface area contributed by atoms with Crippen LogP contribution in [0.2, 0.25) is 5.02 Å². The van der Waals surface area contributed by atoms with E-state index < -0.39 is 0 Å². The molecular weight excluding hydrogens is 350 g/mol.